The Morgan fingerprint density at radius 3 is 2.62 bits per heavy atom. The molecule has 0 N–H and O–H groups in total. The Morgan fingerprint density at radius 1 is 1.44 bits per heavy atom. The van der Waals surface area contributed by atoms with Crippen LogP contribution in [0.1, 0.15) is 17.3 Å². The summed E-state index contributed by atoms with van der Waals surface area (Å²) in [6.45, 7) is 3.16. The molecule has 1 aromatic carbocycles. The molecule has 0 radical (unpaired) electrons. The van der Waals surface area contributed by atoms with E-state index >= 15 is 0 Å². The smallest absolute Gasteiger partial charge is 0.255 e. The first-order valence-electron chi connectivity index (χ1n) is 5.29. The van der Waals surface area contributed by atoms with Crippen molar-refractivity contribution in [1.29, 1.82) is 0 Å². The van der Waals surface area contributed by atoms with Gasteiger partial charge < -0.3 is 14.4 Å². The van der Waals surface area contributed by atoms with Gasteiger partial charge in [0.1, 0.15) is 12.0 Å². The van der Waals surface area contributed by atoms with E-state index in [9.17, 15) is 4.79 Å². The second-order valence-electron chi connectivity index (χ2n) is 3.70. The topological polar surface area (TPSA) is 38.8 Å². The van der Waals surface area contributed by atoms with Crippen LogP contribution in [0.5, 0.6) is 5.75 Å². The van der Waals surface area contributed by atoms with E-state index in [1.165, 1.54) is 0 Å². The van der Waals surface area contributed by atoms with Crippen LogP contribution in [-0.2, 0) is 4.74 Å². The highest BCUT2D eigenvalue weighted by Crippen LogP contribution is 2.16. The van der Waals surface area contributed by atoms with E-state index < -0.39 is 0 Å². The van der Waals surface area contributed by atoms with Crippen LogP contribution in [0.2, 0.25) is 0 Å². The van der Waals surface area contributed by atoms with Crippen LogP contribution in [0.4, 0.5) is 0 Å². The van der Waals surface area contributed by atoms with Gasteiger partial charge in [0.05, 0.1) is 13.7 Å². The van der Waals surface area contributed by atoms with Gasteiger partial charge >= 0.3 is 0 Å². The Kier molecular flexibility index (Phi) is 3.10. The van der Waals surface area contributed by atoms with Gasteiger partial charge in [0.2, 0.25) is 0 Å². The Morgan fingerprint density at radius 2 is 2.12 bits per heavy atom. The number of amides is 1. The van der Waals surface area contributed by atoms with Crippen LogP contribution < -0.4 is 4.74 Å². The predicted octanol–water partition coefficient (Wildman–Crippen LogP) is 1.51. The number of nitrogens with zero attached hydrogens (tertiary/aromatic N) is 1. The number of ether oxygens (including phenoxy) is 2. The van der Waals surface area contributed by atoms with Crippen molar-refractivity contribution in [3.05, 3.63) is 29.8 Å². The molecule has 0 spiro atoms. The summed E-state index contributed by atoms with van der Waals surface area (Å²) in [5, 5.41) is 0. The average Bonchev–Trinajstić information content (AvgIpc) is 2.75. The van der Waals surface area contributed by atoms with E-state index in [1.807, 2.05) is 6.92 Å². The Balaban J connectivity index is 2.14. The van der Waals surface area contributed by atoms with E-state index in [2.05, 4.69) is 0 Å². The van der Waals surface area contributed by atoms with Crippen molar-refractivity contribution in [2.45, 2.75) is 13.2 Å². The van der Waals surface area contributed by atoms with E-state index in [0.717, 1.165) is 5.75 Å². The van der Waals surface area contributed by atoms with Gasteiger partial charge in [-0.25, -0.2) is 0 Å². The van der Waals surface area contributed by atoms with Crippen LogP contribution in [0.3, 0.4) is 0 Å². The van der Waals surface area contributed by atoms with Crippen molar-refractivity contribution < 1.29 is 14.3 Å². The summed E-state index contributed by atoms with van der Waals surface area (Å²) < 4.78 is 10.4. The highest BCUT2D eigenvalue weighted by molar-refractivity contribution is 5.94. The van der Waals surface area contributed by atoms with Crippen LogP contribution >= 0.6 is 0 Å². The molecule has 16 heavy (non-hydrogen) atoms. The molecule has 4 nitrogen and oxygen atoms in total. The molecule has 0 aliphatic carbocycles. The number of methoxy groups -OCH3 is 1. The maximum Gasteiger partial charge on any atom is 0.255 e. The molecular weight excluding hydrogens is 206 g/mol. The van der Waals surface area contributed by atoms with Crippen LogP contribution in [-0.4, -0.2) is 37.3 Å². The summed E-state index contributed by atoms with van der Waals surface area (Å²) in [7, 11) is 1.60. The molecule has 1 amide bonds. The third-order valence-corrected chi connectivity index (χ3v) is 2.73. The van der Waals surface area contributed by atoms with Crippen molar-refractivity contribution in [3.63, 3.8) is 0 Å². The Hall–Kier alpha value is -1.55. The van der Waals surface area contributed by atoms with Gasteiger partial charge in [0.15, 0.2) is 0 Å². The van der Waals surface area contributed by atoms with Crippen LogP contribution in [0.25, 0.3) is 0 Å². The largest absolute Gasteiger partial charge is 0.497 e. The molecule has 1 fully saturated rings. The standard InChI is InChI=1S/C12H15NO3/c1-9-13(7-8-16-9)12(14)10-3-5-11(15-2)6-4-10/h3-6,9H,7-8H2,1-2H3. The number of hydrogen-bond donors (Lipinski definition) is 0. The zero-order chi connectivity index (χ0) is 11.5. The van der Waals surface area contributed by atoms with Crippen molar-refractivity contribution in [3.8, 4) is 5.75 Å². The van der Waals surface area contributed by atoms with Gasteiger partial charge in [0.25, 0.3) is 5.91 Å². The first kappa shape index (κ1) is 11.0. The summed E-state index contributed by atoms with van der Waals surface area (Å²) in [4.78, 5) is 13.8. The number of hydrogen-bond acceptors (Lipinski definition) is 3. The Labute approximate surface area is 94.8 Å². The van der Waals surface area contributed by atoms with Crippen molar-refractivity contribution in [1.82, 2.24) is 4.90 Å². The summed E-state index contributed by atoms with van der Waals surface area (Å²) >= 11 is 0. The lowest BCUT2D eigenvalue weighted by Crippen LogP contribution is -2.34. The summed E-state index contributed by atoms with van der Waals surface area (Å²) in [5.74, 6) is 0.759. The van der Waals surface area contributed by atoms with Crippen molar-refractivity contribution >= 4 is 5.91 Å². The summed E-state index contributed by atoms with van der Waals surface area (Å²) in [6, 6.07) is 7.11. The fourth-order valence-corrected chi connectivity index (χ4v) is 1.76. The van der Waals surface area contributed by atoms with Crippen molar-refractivity contribution in [2.24, 2.45) is 0 Å². The van der Waals surface area contributed by atoms with E-state index in [0.29, 0.717) is 18.7 Å². The second-order valence-corrected chi connectivity index (χ2v) is 3.70. The van der Waals surface area contributed by atoms with E-state index in [4.69, 9.17) is 9.47 Å². The molecule has 1 saturated heterocycles. The number of carbonyl (C=O) groups is 1. The SMILES string of the molecule is COc1ccc(C(=O)N2CCOC2C)cc1. The highest BCUT2D eigenvalue weighted by atomic mass is 16.5. The lowest BCUT2D eigenvalue weighted by Gasteiger charge is -2.19. The molecule has 0 bridgehead atoms. The van der Waals surface area contributed by atoms with Gasteiger partial charge in [-0.15, -0.1) is 0 Å². The molecule has 1 aliphatic heterocycles. The monoisotopic (exact) mass is 221 g/mol. The zero-order valence-corrected chi connectivity index (χ0v) is 9.47. The minimum absolute atomic E-state index is 0.00709. The van der Waals surface area contributed by atoms with E-state index in [-0.39, 0.29) is 12.1 Å². The molecule has 1 heterocycles. The van der Waals surface area contributed by atoms with Gasteiger partial charge in [-0.1, -0.05) is 0 Å². The predicted molar refractivity (Wildman–Crippen MR) is 59.4 cm³/mol. The third-order valence-electron chi connectivity index (χ3n) is 2.73. The van der Waals surface area contributed by atoms with Crippen LogP contribution in [0, 0.1) is 0 Å². The van der Waals surface area contributed by atoms with E-state index in [1.54, 1.807) is 36.3 Å². The lowest BCUT2D eigenvalue weighted by atomic mass is 10.2. The van der Waals surface area contributed by atoms with Gasteiger partial charge in [-0.05, 0) is 31.2 Å². The molecule has 0 saturated carbocycles. The molecule has 0 aromatic heterocycles. The summed E-state index contributed by atoms with van der Waals surface area (Å²) in [5.41, 5.74) is 0.665. The molecule has 2 rings (SSSR count). The normalized spacial score (nSPS) is 19.9. The maximum absolute atomic E-state index is 12.1. The molecule has 1 aromatic rings. The molecule has 1 atom stereocenters. The zero-order valence-electron chi connectivity index (χ0n) is 9.47. The minimum Gasteiger partial charge on any atom is -0.497 e. The first-order chi connectivity index (χ1) is 7.72. The van der Waals surface area contributed by atoms with Crippen molar-refractivity contribution in [2.75, 3.05) is 20.3 Å². The number of benzene rings is 1. The number of carbonyl (C=O) groups excluding carboxylic acids is 1. The lowest BCUT2D eigenvalue weighted by molar-refractivity contribution is 0.0378. The van der Waals surface area contributed by atoms with Crippen LogP contribution in [0.15, 0.2) is 24.3 Å². The second kappa shape index (κ2) is 4.53. The Bertz CT molecular complexity index is 374. The molecule has 86 valence electrons. The molecule has 1 aliphatic rings. The van der Waals surface area contributed by atoms with Gasteiger partial charge in [0, 0.05) is 12.1 Å². The average molecular weight is 221 g/mol. The minimum atomic E-state index is -0.130. The quantitative estimate of drug-likeness (QED) is 0.760. The first-order valence-corrected chi connectivity index (χ1v) is 5.29. The molecule has 1 unspecified atom stereocenters. The maximum atomic E-state index is 12.1. The third kappa shape index (κ3) is 2.02. The summed E-state index contributed by atoms with van der Waals surface area (Å²) in [6.07, 6.45) is -0.130. The fourth-order valence-electron chi connectivity index (χ4n) is 1.76. The van der Waals surface area contributed by atoms with Gasteiger partial charge in [-0.2, -0.15) is 0 Å². The number of rotatable bonds is 2. The molecule has 4 heteroatoms. The fraction of sp³-hybridized carbons (Fsp3) is 0.417. The molecular formula is C12H15NO3. The highest BCUT2D eigenvalue weighted by Gasteiger charge is 2.26. The van der Waals surface area contributed by atoms with Gasteiger partial charge in [-0.3, -0.25) is 4.79 Å².